The summed E-state index contributed by atoms with van der Waals surface area (Å²) in [6.45, 7) is 3.77. The maximum Gasteiger partial charge on any atom is 0.211 e. The summed E-state index contributed by atoms with van der Waals surface area (Å²) >= 11 is 0. The lowest BCUT2D eigenvalue weighted by Gasteiger charge is -2.31. The molecule has 0 amide bonds. The van der Waals surface area contributed by atoms with E-state index in [1.807, 2.05) is 10.9 Å². The quantitative estimate of drug-likeness (QED) is 0.869. The number of aromatic nitrogens is 4. The highest BCUT2D eigenvalue weighted by Gasteiger charge is 2.27. The van der Waals surface area contributed by atoms with Crippen molar-refractivity contribution in [1.29, 1.82) is 0 Å². The highest BCUT2D eigenvalue weighted by molar-refractivity contribution is 7.88. The first-order chi connectivity index (χ1) is 11.5. The zero-order chi connectivity index (χ0) is 16.7. The third-order valence-electron chi connectivity index (χ3n) is 4.85. The Balaban J connectivity index is 1.56. The van der Waals surface area contributed by atoms with E-state index < -0.39 is 10.0 Å². The number of hydrogen-bond acceptors (Lipinski definition) is 5. The Kier molecular flexibility index (Phi) is 3.93. The Labute approximate surface area is 141 Å². The lowest BCUT2D eigenvalue weighted by atomic mass is 10.1. The molecule has 2 aliphatic rings. The van der Waals surface area contributed by atoms with Crippen molar-refractivity contribution in [3.63, 3.8) is 0 Å². The van der Waals surface area contributed by atoms with E-state index in [2.05, 4.69) is 26.0 Å². The van der Waals surface area contributed by atoms with E-state index in [1.54, 1.807) is 10.5 Å². The van der Waals surface area contributed by atoms with Crippen LogP contribution in [0.2, 0.25) is 0 Å². The summed E-state index contributed by atoms with van der Waals surface area (Å²) in [5, 5.41) is 8.04. The second-order valence-corrected chi connectivity index (χ2v) is 8.45. The van der Waals surface area contributed by atoms with Crippen LogP contribution in [0.25, 0.3) is 11.5 Å². The van der Waals surface area contributed by atoms with Crippen molar-refractivity contribution in [3.05, 3.63) is 24.2 Å². The second kappa shape index (κ2) is 5.98. The molecule has 4 heterocycles. The minimum absolute atomic E-state index is 0.261. The summed E-state index contributed by atoms with van der Waals surface area (Å²) in [7, 11) is -3.10. The van der Waals surface area contributed by atoms with Crippen molar-refractivity contribution in [2.45, 2.75) is 32.0 Å². The van der Waals surface area contributed by atoms with Gasteiger partial charge in [0.25, 0.3) is 0 Å². The van der Waals surface area contributed by atoms with E-state index in [0.717, 1.165) is 44.0 Å². The molecule has 8 nitrogen and oxygen atoms in total. The molecule has 2 aromatic heterocycles. The molecule has 0 bridgehead atoms. The Bertz CT molecular complexity index is 809. The van der Waals surface area contributed by atoms with E-state index in [1.165, 1.54) is 11.9 Å². The summed E-state index contributed by atoms with van der Waals surface area (Å²) in [5.41, 5.74) is 2.07. The van der Waals surface area contributed by atoms with Crippen molar-refractivity contribution in [2.24, 2.45) is 0 Å². The third-order valence-corrected chi connectivity index (χ3v) is 6.16. The number of imidazole rings is 1. The number of fused-ring (bicyclic) bond motifs is 1. The smallest absolute Gasteiger partial charge is 0.211 e. The van der Waals surface area contributed by atoms with Crippen LogP contribution in [0.3, 0.4) is 0 Å². The number of nitrogens with zero attached hydrogens (tertiary/aromatic N) is 5. The van der Waals surface area contributed by atoms with Crippen LogP contribution in [-0.4, -0.2) is 57.9 Å². The van der Waals surface area contributed by atoms with Crippen LogP contribution in [-0.2, 0) is 23.1 Å². The highest BCUT2D eigenvalue weighted by Crippen LogP contribution is 2.29. The van der Waals surface area contributed by atoms with Crippen LogP contribution < -0.4 is 5.32 Å². The minimum atomic E-state index is -3.10. The lowest BCUT2D eigenvalue weighted by molar-refractivity contribution is 0.276. The molecule has 2 aliphatic heterocycles. The van der Waals surface area contributed by atoms with Crippen LogP contribution in [0, 0.1) is 0 Å². The standard InChI is InChI=1S/C15H22N6O2S/c1-24(22,23)19-6-2-12(3-7-19)20-8-5-17-15(20)14-10-13-11-16-4-9-21(13)18-14/h5,8,10,12,16H,2-4,6-7,9,11H2,1H3. The van der Waals surface area contributed by atoms with Crippen LogP contribution in [0.1, 0.15) is 24.6 Å². The van der Waals surface area contributed by atoms with Crippen LogP contribution in [0.4, 0.5) is 0 Å². The zero-order valence-corrected chi connectivity index (χ0v) is 14.5. The molecule has 9 heteroatoms. The monoisotopic (exact) mass is 350 g/mol. The van der Waals surface area contributed by atoms with Gasteiger partial charge in [-0.05, 0) is 18.9 Å². The summed E-state index contributed by atoms with van der Waals surface area (Å²) in [4.78, 5) is 4.51. The topological polar surface area (TPSA) is 85.1 Å². The van der Waals surface area contributed by atoms with Crippen molar-refractivity contribution in [1.82, 2.24) is 29.0 Å². The Morgan fingerprint density at radius 2 is 2.04 bits per heavy atom. The Morgan fingerprint density at radius 1 is 1.25 bits per heavy atom. The molecule has 1 fully saturated rings. The van der Waals surface area contributed by atoms with Gasteiger partial charge in [-0.2, -0.15) is 5.10 Å². The summed E-state index contributed by atoms with van der Waals surface area (Å²) in [5.74, 6) is 0.870. The molecule has 0 spiro atoms. The maximum absolute atomic E-state index is 11.7. The highest BCUT2D eigenvalue weighted by atomic mass is 32.2. The number of hydrogen-bond donors (Lipinski definition) is 1. The number of sulfonamides is 1. The van der Waals surface area contributed by atoms with Gasteiger partial charge in [0.15, 0.2) is 5.82 Å². The van der Waals surface area contributed by atoms with E-state index in [0.29, 0.717) is 13.1 Å². The first-order valence-corrected chi connectivity index (χ1v) is 10.1. The Morgan fingerprint density at radius 3 is 2.75 bits per heavy atom. The van der Waals surface area contributed by atoms with Crippen molar-refractivity contribution >= 4 is 10.0 Å². The number of nitrogens with one attached hydrogen (secondary N) is 1. The average molecular weight is 350 g/mol. The molecule has 0 radical (unpaired) electrons. The Hall–Kier alpha value is -1.71. The zero-order valence-electron chi connectivity index (χ0n) is 13.7. The van der Waals surface area contributed by atoms with Gasteiger partial charge in [0.05, 0.1) is 18.5 Å². The molecule has 1 N–H and O–H groups in total. The van der Waals surface area contributed by atoms with E-state index in [-0.39, 0.29) is 6.04 Å². The first kappa shape index (κ1) is 15.8. The fourth-order valence-corrected chi connectivity index (χ4v) is 4.43. The van der Waals surface area contributed by atoms with Crippen molar-refractivity contribution < 1.29 is 8.42 Å². The van der Waals surface area contributed by atoms with Crippen LogP contribution >= 0.6 is 0 Å². The molecular formula is C15H22N6O2S. The largest absolute Gasteiger partial charge is 0.326 e. The van der Waals surface area contributed by atoms with Crippen molar-refractivity contribution in [3.8, 4) is 11.5 Å². The maximum atomic E-state index is 11.7. The first-order valence-electron chi connectivity index (χ1n) is 8.28. The number of piperidine rings is 1. The predicted molar refractivity (Wildman–Crippen MR) is 89.8 cm³/mol. The minimum Gasteiger partial charge on any atom is -0.326 e. The normalized spacial score (nSPS) is 20.2. The summed E-state index contributed by atoms with van der Waals surface area (Å²) in [6, 6.07) is 2.36. The van der Waals surface area contributed by atoms with Gasteiger partial charge in [0.2, 0.25) is 10.0 Å². The lowest BCUT2D eigenvalue weighted by Crippen LogP contribution is -2.38. The molecule has 0 aromatic carbocycles. The van der Waals surface area contributed by atoms with E-state index >= 15 is 0 Å². The van der Waals surface area contributed by atoms with Gasteiger partial charge in [-0.3, -0.25) is 4.68 Å². The van der Waals surface area contributed by atoms with Gasteiger partial charge in [0, 0.05) is 44.6 Å². The molecule has 1 saturated heterocycles. The van der Waals surface area contributed by atoms with E-state index in [9.17, 15) is 8.42 Å². The fraction of sp³-hybridized carbons (Fsp3) is 0.600. The van der Waals surface area contributed by atoms with E-state index in [4.69, 9.17) is 0 Å². The molecule has 130 valence electrons. The molecule has 0 aliphatic carbocycles. The molecule has 0 unspecified atom stereocenters. The molecule has 0 atom stereocenters. The predicted octanol–water partition coefficient (Wildman–Crippen LogP) is 0.446. The average Bonchev–Trinajstić information content (AvgIpc) is 3.20. The van der Waals surface area contributed by atoms with Gasteiger partial charge in [-0.1, -0.05) is 0 Å². The van der Waals surface area contributed by atoms with Gasteiger partial charge >= 0.3 is 0 Å². The van der Waals surface area contributed by atoms with Gasteiger partial charge in [-0.25, -0.2) is 17.7 Å². The summed E-state index contributed by atoms with van der Waals surface area (Å²) < 4.78 is 29.1. The number of rotatable bonds is 3. The third kappa shape index (κ3) is 2.87. The molecule has 24 heavy (non-hydrogen) atoms. The van der Waals surface area contributed by atoms with Gasteiger partial charge in [0.1, 0.15) is 5.69 Å². The van der Waals surface area contributed by atoms with Crippen molar-refractivity contribution in [2.75, 3.05) is 25.9 Å². The van der Waals surface area contributed by atoms with Gasteiger partial charge in [-0.15, -0.1) is 0 Å². The summed E-state index contributed by atoms with van der Waals surface area (Å²) in [6.07, 6.45) is 6.65. The second-order valence-electron chi connectivity index (χ2n) is 6.47. The van der Waals surface area contributed by atoms with Gasteiger partial charge < -0.3 is 9.88 Å². The fourth-order valence-electron chi connectivity index (χ4n) is 3.56. The van der Waals surface area contributed by atoms with Crippen LogP contribution in [0.15, 0.2) is 18.5 Å². The molecule has 4 rings (SSSR count). The molecule has 0 saturated carbocycles. The molecule has 2 aromatic rings. The molecular weight excluding hydrogens is 328 g/mol. The SMILES string of the molecule is CS(=O)(=O)N1CCC(n2ccnc2-c2cc3n(n2)CCNC3)CC1. The van der Waals surface area contributed by atoms with Crippen LogP contribution in [0.5, 0.6) is 0 Å².